The van der Waals surface area contributed by atoms with Gasteiger partial charge in [-0.1, -0.05) is 29.5 Å². The number of fused-ring (bicyclic) bond motifs is 2. The van der Waals surface area contributed by atoms with E-state index in [4.69, 9.17) is 14.5 Å². The molecule has 4 aromatic rings. The first-order chi connectivity index (χ1) is 18.9. The van der Waals surface area contributed by atoms with Crippen molar-refractivity contribution in [2.75, 3.05) is 36.0 Å². The van der Waals surface area contributed by atoms with Crippen molar-refractivity contribution in [1.29, 1.82) is 0 Å². The topological polar surface area (TPSA) is 89.0 Å². The molecule has 0 radical (unpaired) electrons. The standard InChI is InChI=1S/C29H29N3O5S2/c1-36-22-12-15-27-25(18-22)30-29(38-27)31(19-23-8-5-17-37-23)28(33)21-10-13-24(14-11-21)39(34,35)32-16-4-7-20-6-2-3-9-26(20)32/h2-3,6,9-15,18,23H,4-5,7-8,16-17,19H2,1H3. The summed E-state index contributed by atoms with van der Waals surface area (Å²) in [5, 5.41) is 0.570. The summed E-state index contributed by atoms with van der Waals surface area (Å²) in [6.45, 7) is 1.48. The predicted molar refractivity (Wildman–Crippen MR) is 153 cm³/mol. The van der Waals surface area contributed by atoms with Crippen LogP contribution in [0.3, 0.4) is 0 Å². The fourth-order valence-corrected chi connectivity index (χ4v) is 7.67. The quantitative estimate of drug-likeness (QED) is 0.304. The van der Waals surface area contributed by atoms with E-state index in [1.54, 1.807) is 24.1 Å². The first kappa shape index (κ1) is 25.8. The van der Waals surface area contributed by atoms with Gasteiger partial charge in [0.15, 0.2) is 5.13 Å². The minimum absolute atomic E-state index is 0.0747. The number of hydrogen-bond donors (Lipinski definition) is 0. The number of amides is 1. The van der Waals surface area contributed by atoms with Crippen molar-refractivity contribution >= 4 is 48.3 Å². The van der Waals surface area contributed by atoms with Gasteiger partial charge in [-0.25, -0.2) is 13.4 Å². The number of sulfonamides is 1. The summed E-state index contributed by atoms with van der Waals surface area (Å²) in [5.74, 6) is 0.452. The lowest BCUT2D eigenvalue weighted by atomic mass is 10.0. The van der Waals surface area contributed by atoms with E-state index in [1.165, 1.54) is 27.8 Å². The Labute approximate surface area is 231 Å². The molecule has 0 N–H and O–H groups in total. The van der Waals surface area contributed by atoms with Gasteiger partial charge >= 0.3 is 0 Å². The van der Waals surface area contributed by atoms with E-state index >= 15 is 0 Å². The van der Waals surface area contributed by atoms with E-state index in [0.29, 0.717) is 36.1 Å². The molecule has 0 saturated carbocycles. The molecule has 39 heavy (non-hydrogen) atoms. The Hall–Kier alpha value is -3.47. The number of methoxy groups -OCH3 is 1. The van der Waals surface area contributed by atoms with Crippen LogP contribution in [0.5, 0.6) is 5.75 Å². The van der Waals surface area contributed by atoms with Gasteiger partial charge in [-0.2, -0.15) is 0 Å². The third-order valence-electron chi connectivity index (χ3n) is 7.23. The minimum atomic E-state index is -3.77. The summed E-state index contributed by atoms with van der Waals surface area (Å²) in [4.78, 5) is 20.4. The number of thiazole rings is 1. The molecule has 8 nitrogen and oxygen atoms in total. The van der Waals surface area contributed by atoms with Crippen LogP contribution in [-0.2, 0) is 21.2 Å². The highest BCUT2D eigenvalue weighted by Gasteiger charge is 2.30. The molecule has 6 rings (SSSR count). The lowest BCUT2D eigenvalue weighted by Gasteiger charge is -2.30. The minimum Gasteiger partial charge on any atom is -0.497 e. The molecule has 1 amide bonds. The zero-order valence-electron chi connectivity index (χ0n) is 21.6. The number of hydrogen-bond acceptors (Lipinski definition) is 7. The molecular weight excluding hydrogens is 534 g/mol. The number of anilines is 2. The van der Waals surface area contributed by atoms with Gasteiger partial charge in [0.25, 0.3) is 15.9 Å². The molecule has 2 aliphatic rings. The van der Waals surface area contributed by atoms with E-state index in [1.807, 2.05) is 42.5 Å². The Morgan fingerprint density at radius 2 is 1.95 bits per heavy atom. The van der Waals surface area contributed by atoms with Crippen LogP contribution in [0.15, 0.2) is 71.6 Å². The summed E-state index contributed by atoms with van der Waals surface area (Å²) in [5.41, 5.74) is 2.89. The summed E-state index contributed by atoms with van der Waals surface area (Å²) in [6, 6.07) is 19.5. The van der Waals surface area contributed by atoms with Crippen molar-refractivity contribution < 1.29 is 22.7 Å². The maximum Gasteiger partial charge on any atom is 0.264 e. The van der Waals surface area contributed by atoms with Gasteiger partial charge < -0.3 is 9.47 Å². The number of para-hydroxylation sites is 1. The Balaban J connectivity index is 1.30. The van der Waals surface area contributed by atoms with Crippen LogP contribution >= 0.6 is 11.3 Å². The first-order valence-corrected chi connectivity index (χ1v) is 15.3. The largest absolute Gasteiger partial charge is 0.497 e. The van der Waals surface area contributed by atoms with Gasteiger partial charge in [0.1, 0.15) is 5.75 Å². The second-order valence-electron chi connectivity index (χ2n) is 9.71. The average Bonchev–Trinajstić information content (AvgIpc) is 3.64. The van der Waals surface area contributed by atoms with Gasteiger partial charge in [0.05, 0.1) is 40.6 Å². The van der Waals surface area contributed by atoms with E-state index in [0.717, 1.165) is 47.2 Å². The second kappa shape index (κ2) is 10.6. The maximum absolute atomic E-state index is 13.8. The summed E-state index contributed by atoms with van der Waals surface area (Å²) >= 11 is 1.43. The Morgan fingerprint density at radius 3 is 2.72 bits per heavy atom. The SMILES string of the molecule is COc1ccc2sc(N(CC3CCCO3)C(=O)c3ccc(S(=O)(=O)N4CCCc5ccccc54)cc3)nc2c1. The molecule has 1 atom stereocenters. The van der Waals surface area contributed by atoms with E-state index < -0.39 is 10.0 Å². The van der Waals surface area contributed by atoms with Crippen LogP contribution in [0.1, 0.15) is 35.2 Å². The van der Waals surface area contributed by atoms with Crippen molar-refractivity contribution in [1.82, 2.24) is 4.98 Å². The summed E-state index contributed by atoms with van der Waals surface area (Å²) in [7, 11) is -2.16. The van der Waals surface area contributed by atoms with E-state index in [-0.39, 0.29) is 16.9 Å². The van der Waals surface area contributed by atoms with E-state index in [9.17, 15) is 13.2 Å². The highest BCUT2D eigenvalue weighted by molar-refractivity contribution is 7.92. The molecule has 2 aliphatic heterocycles. The number of nitrogens with zero attached hydrogens (tertiary/aromatic N) is 3. The van der Waals surface area contributed by atoms with Crippen molar-refractivity contribution in [2.24, 2.45) is 0 Å². The third-order valence-corrected chi connectivity index (χ3v) is 10.1. The smallest absolute Gasteiger partial charge is 0.264 e. The Kier molecular flexibility index (Phi) is 7.01. The van der Waals surface area contributed by atoms with Gasteiger partial charge in [-0.3, -0.25) is 14.0 Å². The van der Waals surface area contributed by atoms with Crippen molar-refractivity contribution in [3.63, 3.8) is 0 Å². The fourth-order valence-electron chi connectivity index (χ4n) is 5.18. The monoisotopic (exact) mass is 563 g/mol. The first-order valence-electron chi connectivity index (χ1n) is 13.0. The molecule has 1 aromatic heterocycles. The number of benzene rings is 3. The van der Waals surface area contributed by atoms with Gasteiger partial charge in [0.2, 0.25) is 0 Å². The molecule has 1 unspecified atom stereocenters. The highest BCUT2D eigenvalue weighted by Crippen LogP contribution is 2.34. The van der Waals surface area contributed by atoms with Crippen molar-refractivity contribution in [3.8, 4) is 5.75 Å². The van der Waals surface area contributed by atoms with Gasteiger partial charge in [-0.15, -0.1) is 0 Å². The van der Waals surface area contributed by atoms with Crippen LogP contribution in [-0.4, -0.2) is 52.2 Å². The summed E-state index contributed by atoms with van der Waals surface area (Å²) in [6.07, 6.45) is 3.37. The second-order valence-corrected chi connectivity index (χ2v) is 12.6. The molecular formula is C29H29N3O5S2. The zero-order valence-corrected chi connectivity index (χ0v) is 23.2. The molecule has 0 aliphatic carbocycles. The number of carbonyl (C=O) groups excluding carboxylic acids is 1. The normalized spacial score (nSPS) is 17.3. The molecule has 202 valence electrons. The van der Waals surface area contributed by atoms with Crippen molar-refractivity contribution in [2.45, 2.75) is 36.7 Å². The third kappa shape index (κ3) is 4.99. The lowest BCUT2D eigenvalue weighted by Crippen LogP contribution is -2.37. The van der Waals surface area contributed by atoms with E-state index in [2.05, 4.69) is 0 Å². The summed E-state index contributed by atoms with van der Waals surface area (Å²) < 4.78 is 40.7. The molecule has 0 spiro atoms. The highest BCUT2D eigenvalue weighted by atomic mass is 32.2. The fraction of sp³-hybridized carbons (Fsp3) is 0.310. The number of ether oxygens (including phenoxy) is 2. The van der Waals surface area contributed by atoms with Crippen LogP contribution < -0.4 is 13.9 Å². The average molecular weight is 564 g/mol. The molecule has 10 heteroatoms. The van der Waals surface area contributed by atoms with Crippen LogP contribution in [0.25, 0.3) is 10.2 Å². The molecule has 3 heterocycles. The Morgan fingerprint density at radius 1 is 1.13 bits per heavy atom. The van der Waals surface area contributed by atoms with Crippen molar-refractivity contribution in [3.05, 3.63) is 77.9 Å². The molecule has 3 aromatic carbocycles. The molecule has 0 bridgehead atoms. The van der Waals surface area contributed by atoms with Crippen LogP contribution in [0.2, 0.25) is 0 Å². The lowest BCUT2D eigenvalue weighted by molar-refractivity contribution is 0.0917. The number of aryl methyl sites for hydroxylation is 1. The van der Waals surface area contributed by atoms with Gasteiger partial charge in [-0.05, 0) is 73.7 Å². The molecule has 1 fully saturated rings. The van der Waals surface area contributed by atoms with Crippen LogP contribution in [0.4, 0.5) is 10.8 Å². The van der Waals surface area contributed by atoms with Crippen LogP contribution in [0, 0.1) is 0 Å². The number of carbonyl (C=O) groups is 1. The maximum atomic E-state index is 13.8. The molecule has 1 saturated heterocycles. The number of rotatable bonds is 7. The zero-order chi connectivity index (χ0) is 27.0. The number of aromatic nitrogens is 1. The predicted octanol–water partition coefficient (Wildman–Crippen LogP) is 5.27. The van der Waals surface area contributed by atoms with Gasteiger partial charge in [0, 0.05) is 24.8 Å². The Bertz CT molecular complexity index is 1610.